The minimum atomic E-state index is -0.255. The van der Waals surface area contributed by atoms with Gasteiger partial charge in [-0.25, -0.2) is 0 Å². The summed E-state index contributed by atoms with van der Waals surface area (Å²) < 4.78 is 0. The topological polar surface area (TPSA) is 73.5 Å². The van der Waals surface area contributed by atoms with Gasteiger partial charge in [0.1, 0.15) is 6.17 Å². The number of allylic oxidation sites excluding steroid dienone is 1. The van der Waals surface area contributed by atoms with Crippen molar-refractivity contribution in [3.05, 3.63) is 71.7 Å². The maximum Gasteiger partial charge on any atom is 0.118 e. The fourth-order valence-corrected chi connectivity index (χ4v) is 2.82. The molecule has 0 spiro atoms. The van der Waals surface area contributed by atoms with E-state index in [2.05, 4.69) is 36.4 Å². The fraction of sp³-hybridized carbons (Fsp3) is 0.478. The van der Waals surface area contributed by atoms with Gasteiger partial charge >= 0.3 is 0 Å². The predicted octanol–water partition coefficient (Wildman–Crippen LogP) is 4.18. The molecular formula is C23H38N4O. The normalized spacial score (nSPS) is 19.2. The van der Waals surface area contributed by atoms with Gasteiger partial charge in [-0.3, -0.25) is 5.01 Å². The molecule has 156 valence electrons. The molecule has 0 aromatic heterocycles. The molecule has 1 aliphatic carbocycles. The lowest BCUT2D eigenvalue weighted by Gasteiger charge is -2.28. The molecule has 3 rings (SSSR count). The van der Waals surface area contributed by atoms with Gasteiger partial charge in [-0.2, -0.15) is 0 Å². The average Bonchev–Trinajstić information content (AvgIpc) is 3.53. The van der Waals surface area contributed by atoms with Crippen molar-refractivity contribution in [2.75, 3.05) is 6.61 Å². The van der Waals surface area contributed by atoms with Crippen molar-refractivity contribution < 1.29 is 5.11 Å². The van der Waals surface area contributed by atoms with Crippen molar-refractivity contribution in [3.8, 4) is 0 Å². The summed E-state index contributed by atoms with van der Waals surface area (Å²) in [6, 6.07) is 10.3. The van der Waals surface area contributed by atoms with Crippen LogP contribution in [0.3, 0.4) is 0 Å². The minimum Gasteiger partial charge on any atom is -0.392 e. The Morgan fingerprint density at radius 1 is 1.29 bits per heavy atom. The molecule has 1 aliphatic heterocycles. The Labute approximate surface area is 171 Å². The molecule has 0 radical (unpaired) electrons. The van der Waals surface area contributed by atoms with Crippen LogP contribution in [0.5, 0.6) is 0 Å². The van der Waals surface area contributed by atoms with E-state index < -0.39 is 0 Å². The van der Waals surface area contributed by atoms with E-state index in [1.165, 1.54) is 24.1 Å². The number of rotatable bonds is 7. The van der Waals surface area contributed by atoms with Crippen LogP contribution in [-0.4, -0.2) is 22.9 Å². The lowest BCUT2D eigenvalue weighted by atomic mass is 10.1. The molecule has 1 aromatic carbocycles. The summed E-state index contributed by atoms with van der Waals surface area (Å²) >= 11 is 0. The summed E-state index contributed by atoms with van der Waals surface area (Å²) in [4.78, 5) is 0. The number of nitrogens with zero attached hydrogens (tertiary/aromatic N) is 1. The smallest absolute Gasteiger partial charge is 0.118 e. The first-order valence-corrected chi connectivity index (χ1v) is 10.4. The second-order valence-electron chi connectivity index (χ2n) is 6.44. The third kappa shape index (κ3) is 6.43. The van der Waals surface area contributed by atoms with Crippen molar-refractivity contribution in [3.63, 3.8) is 0 Å². The number of hydrogen-bond donors (Lipinski definition) is 4. The molecule has 1 aromatic rings. The first-order valence-electron chi connectivity index (χ1n) is 10.4. The van der Waals surface area contributed by atoms with E-state index >= 15 is 0 Å². The van der Waals surface area contributed by atoms with Crippen molar-refractivity contribution >= 4 is 0 Å². The van der Waals surface area contributed by atoms with Gasteiger partial charge in [0.2, 0.25) is 0 Å². The summed E-state index contributed by atoms with van der Waals surface area (Å²) in [5, 5.41) is 14.9. The van der Waals surface area contributed by atoms with E-state index in [0.717, 1.165) is 0 Å². The third-order valence-electron chi connectivity index (χ3n) is 4.55. The molecule has 28 heavy (non-hydrogen) atoms. The molecule has 1 fully saturated rings. The van der Waals surface area contributed by atoms with Gasteiger partial charge in [0.15, 0.2) is 0 Å². The van der Waals surface area contributed by atoms with Crippen LogP contribution in [0.2, 0.25) is 0 Å². The van der Waals surface area contributed by atoms with Crippen molar-refractivity contribution in [2.24, 2.45) is 11.7 Å². The summed E-state index contributed by atoms with van der Waals surface area (Å²) in [7, 11) is 0. The van der Waals surface area contributed by atoms with Gasteiger partial charge in [-0.1, -0.05) is 64.6 Å². The highest BCUT2D eigenvalue weighted by Crippen LogP contribution is 2.37. The lowest BCUT2D eigenvalue weighted by Crippen LogP contribution is -2.43. The molecule has 2 unspecified atom stereocenters. The number of nitrogens with two attached hydrogens (primary N) is 1. The molecule has 5 N–H and O–H groups in total. The highest BCUT2D eigenvalue weighted by atomic mass is 16.3. The second kappa shape index (κ2) is 12.3. The monoisotopic (exact) mass is 386 g/mol. The first kappa shape index (κ1) is 23.8. The van der Waals surface area contributed by atoms with Crippen molar-refractivity contribution in [1.82, 2.24) is 15.8 Å². The number of benzene rings is 1. The van der Waals surface area contributed by atoms with Gasteiger partial charge in [0.25, 0.3) is 0 Å². The average molecular weight is 387 g/mol. The van der Waals surface area contributed by atoms with Crippen LogP contribution in [0, 0.1) is 5.92 Å². The molecule has 0 bridgehead atoms. The Morgan fingerprint density at radius 2 is 1.89 bits per heavy atom. The maximum absolute atomic E-state index is 9.73. The second-order valence-corrected chi connectivity index (χ2v) is 6.44. The molecular weight excluding hydrogens is 348 g/mol. The number of hydrazine groups is 1. The first-order chi connectivity index (χ1) is 13.6. The minimum absolute atomic E-state index is 0.100. The standard InChI is InChI=1S/C19H26N4O.2C2H6/c1-13(15-6-4-3-5-7-15)21-11-17(12-24)14(2)23-19(20)10-18(22-23)16-8-9-16;2*1-2/h3-7,10-11,13,16,19,21-22,24H,2,8-9,12,20H2,1H3;2*1-2H3/b17-11-;;. The van der Waals surface area contributed by atoms with Gasteiger partial charge in [-0.05, 0) is 31.4 Å². The van der Waals surface area contributed by atoms with E-state index in [9.17, 15) is 5.11 Å². The van der Waals surface area contributed by atoms with E-state index in [0.29, 0.717) is 17.2 Å². The predicted molar refractivity (Wildman–Crippen MR) is 119 cm³/mol. The maximum atomic E-state index is 9.73. The Kier molecular flexibility index (Phi) is 10.4. The van der Waals surface area contributed by atoms with Crippen LogP contribution < -0.4 is 16.5 Å². The highest BCUT2D eigenvalue weighted by molar-refractivity contribution is 5.32. The van der Waals surface area contributed by atoms with Crippen LogP contribution in [0.25, 0.3) is 0 Å². The third-order valence-corrected chi connectivity index (χ3v) is 4.55. The fourth-order valence-electron chi connectivity index (χ4n) is 2.82. The Bertz CT molecular complexity index is 650. The highest BCUT2D eigenvalue weighted by Gasteiger charge is 2.33. The largest absolute Gasteiger partial charge is 0.392 e. The van der Waals surface area contributed by atoms with E-state index in [-0.39, 0.29) is 18.8 Å². The van der Waals surface area contributed by atoms with Crippen LogP contribution >= 0.6 is 0 Å². The van der Waals surface area contributed by atoms with Gasteiger partial charge < -0.3 is 21.6 Å². The lowest BCUT2D eigenvalue weighted by molar-refractivity contribution is 0.251. The molecule has 1 saturated carbocycles. The van der Waals surface area contributed by atoms with E-state index in [4.69, 9.17) is 5.73 Å². The van der Waals surface area contributed by atoms with Crippen molar-refractivity contribution in [2.45, 2.75) is 59.7 Å². The molecule has 5 nitrogen and oxygen atoms in total. The summed E-state index contributed by atoms with van der Waals surface area (Å²) in [5.41, 5.74) is 13.3. The zero-order valence-corrected chi connectivity index (χ0v) is 18.1. The SMILES string of the molecule is C=C(/C(=C\NC(C)c1ccccc1)CO)N1NC(C2CC2)=CC1N.CC.CC. The quantitative estimate of drug-likeness (QED) is 0.529. The Hall–Kier alpha value is -2.24. The van der Waals surface area contributed by atoms with Crippen LogP contribution in [0.1, 0.15) is 59.1 Å². The molecule has 0 saturated heterocycles. The van der Waals surface area contributed by atoms with Crippen LogP contribution in [-0.2, 0) is 0 Å². The molecule has 0 amide bonds. The van der Waals surface area contributed by atoms with E-state index in [1.807, 2.05) is 63.2 Å². The number of nitrogens with one attached hydrogen (secondary N) is 2. The number of aliphatic hydroxyl groups is 1. The Morgan fingerprint density at radius 3 is 2.43 bits per heavy atom. The molecule has 2 atom stereocenters. The van der Waals surface area contributed by atoms with Gasteiger partial charge in [-0.15, -0.1) is 0 Å². The number of aliphatic hydroxyl groups excluding tert-OH is 1. The zero-order chi connectivity index (χ0) is 21.1. The molecule has 2 aliphatic rings. The summed E-state index contributed by atoms with van der Waals surface area (Å²) in [6.07, 6.45) is 6.03. The molecule has 1 heterocycles. The van der Waals surface area contributed by atoms with Gasteiger partial charge in [0, 0.05) is 29.4 Å². The van der Waals surface area contributed by atoms with Crippen LogP contribution in [0.4, 0.5) is 0 Å². The molecule has 5 heteroatoms. The Balaban J connectivity index is 0.000000921. The zero-order valence-electron chi connectivity index (χ0n) is 18.1. The van der Waals surface area contributed by atoms with E-state index in [1.54, 1.807) is 0 Å². The van der Waals surface area contributed by atoms with Gasteiger partial charge in [0.05, 0.1) is 12.3 Å². The summed E-state index contributed by atoms with van der Waals surface area (Å²) in [5.74, 6) is 0.603. The van der Waals surface area contributed by atoms with Crippen LogP contribution in [0.15, 0.2) is 66.2 Å². The summed E-state index contributed by atoms with van der Waals surface area (Å²) in [6.45, 7) is 14.1. The van der Waals surface area contributed by atoms with Crippen molar-refractivity contribution in [1.29, 1.82) is 0 Å². The number of hydrogen-bond acceptors (Lipinski definition) is 5.